The topological polar surface area (TPSA) is 57.7 Å². The molecule has 0 saturated carbocycles. The molecular formula is C13H11NO4. The fraction of sp³-hybridized carbons (Fsp3) is 0.231. The van der Waals surface area contributed by atoms with Crippen molar-refractivity contribution in [2.75, 3.05) is 13.9 Å². The molecule has 0 aliphatic carbocycles. The van der Waals surface area contributed by atoms with Crippen LogP contribution in [0.1, 0.15) is 5.69 Å². The molecule has 0 fully saturated rings. The maximum atomic E-state index is 11.3. The van der Waals surface area contributed by atoms with Crippen molar-refractivity contribution in [1.29, 1.82) is 0 Å². The molecule has 0 radical (unpaired) electrons. The van der Waals surface area contributed by atoms with Crippen molar-refractivity contribution >= 4 is 16.7 Å². The molecule has 18 heavy (non-hydrogen) atoms. The van der Waals surface area contributed by atoms with E-state index >= 15 is 0 Å². The van der Waals surface area contributed by atoms with Gasteiger partial charge in [0.05, 0.1) is 19.2 Å². The van der Waals surface area contributed by atoms with Gasteiger partial charge in [0.15, 0.2) is 11.5 Å². The Labute approximate surface area is 103 Å². The predicted molar refractivity (Wildman–Crippen MR) is 63.6 cm³/mol. The number of hydrogen-bond acceptors (Lipinski definition) is 5. The zero-order valence-corrected chi connectivity index (χ0v) is 9.80. The van der Waals surface area contributed by atoms with Crippen LogP contribution in [0.25, 0.3) is 10.8 Å². The second-order valence-electron chi connectivity index (χ2n) is 3.94. The third kappa shape index (κ3) is 1.73. The van der Waals surface area contributed by atoms with Crippen LogP contribution in [-0.4, -0.2) is 24.9 Å². The summed E-state index contributed by atoms with van der Waals surface area (Å²) in [5.74, 6) is 1.09. The Balaban J connectivity index is 2.12. The van der Waals surface area contributed by atoms with Gasteiger partial charge in [0.25, 0.3) is 0 Å². The third-order valence-corrected chi connectivity index (χ3v) is 2.88. The number of benzene rings is 1. The quantitative estimate of drug-likeness (QED) is 0.753. The minimum Gasteiger partial charge on any atom is -0.469 e. The zero-order chi connectivity index (χ0) is 12.5. The van der Waals surface area contributed by atoms with Crippen molar-refractivity contribution in [2.24, 2.45) is 0 Å². The van der Waals surface area contributed by atoms with E-state index in [1.165, 1.54) is 7.11 Å². The number of esters is 1. The van der Waals surface area contributed by atoms with Crippen molar-refractivity contribution in [3.63, 3.8) is 0 Å². The molecule has 2 heterocycles. The highest BCUT2D eigenvalue weighted by Gasteiger charge is 2.16. The van der Waals surface area contributed by atoms with E-state index in [0.717, 1.165) is 16.5 Å². The lowest BCUT2D eigenvalue weighted by molar-refractivity contribution is -0.139. The van der Waals surface area contributed by atoms with Gasteiger partial charge in [-0.15, -0.1) is 0 Å². The van der Waals surface area contributed by atoms with Crippen molar-refractivity contribution in [2.45, 2.75) is 6.42 Å². The highest BCUT2D eigenvalue weighted by molar-refractivity contribution is 5.90. The molecule has 0 unspecified atom stereocenters. The van der Waals surface area contributed by atoms with E-state index in [-0.39, 0.29) is 19.2 Å². The van der Waals surface area contributed by atoms with Gasteiger partial charge in [0, 0.05) is 11.6 Å². The molecule has 0 amide bonds. The molecule has 92 valence electrons. The fourth-order valence-electron chi connectivity index (χ4n) is 1.97. The first kappa shape index (κ1) is 10.8. The average molecular weight is 245 g/mol. The molecule has 0 bridgehead atoms. The summed E-state index contributed by atoms with van der Waals surface area (Å²) >= 11 is 0. The molecule has 5 nitrogen and oxygen atoms in total. The minimum absolute atomic E-state index is 0.146. The number of ether oxygens (including phenoxy) is 3. The van der Waals surface area contributed by atoms with Crippen LogP contribution in [0.15, 0.2) is 24.4 Å². The maximum absolute atomic E-state index is 11.3. The highest BCUT2D eigenvalue weighted by Crippen LogP contribution is 2.36. The summed E-state index contributed by atoms with van der Waals surface area (Å²) in [5.41, 5.74) is 0.678. The smallest absolute Gasteiger partial charge is 0.311 e. The number of aromatic nitrogens is 1. The lowest BCUT2D eigenvalue weighted by Gasteiger charge is -2.06. The van der Waals surface area contributed by atoms with Gasteiger partial charge in [0.1, 0.15) is 0 Å². The lowest BCUT2D eigenvalue weighted by atomic mass is 10.1. The Morgan fingerprint density at radius 1 is 1.39 bits per heavy atom. The molecule has 1 aromatic heterocycles. The van der Waals surface area contributed by atoms with Crippen LogP contribution in [0.4, 0.5) is 0 Å². The van der Waals surface area contributed by atoms with Crippen LogP contribution in [0, 0.1) is 0 Å². The standard InChI is InChI=1S/C13H11NO4/c1-16-13(15)6-10-9-5-12-11(17-7-18-12)4-8(9)2-3-14-10/h2-5H,6-7H2,1H3. The molecule has 2 aromatic rings. The van der Waals surface area contributed by atoms with Gasteiger partial charge in [0.2, 0.25) is 6.79 Å². The summed E-state index contributed by atoms with van der Waals surface area (Å²) < 4.78 is 15.3. The summed E-state index contributed by atoms with van der Waals surface area (Å²) in [5, 5.41) is 1.85. The van der Waals surface area contributed by atoms with E-state index in [1.54, 1.807) is 6.20 Å². The Bertz CT molecular complexity index is 624. The number of nitrogens with zero attached hydrogens (tertiary/aromatic N) is 1. The first-order valence-electron chi connectivity index (χ1n) is 5.52. The second-order valence-corrected chi connectivity index (χ2v) is 3.94. The first-order valence-corrected chi connectivity index (χ1v) is 5.52. The van der Waals surface area contributed by atoms with Gasteiger partial charge in [-0.1, -0.05) is 0 Å². The molecule has 0 N–H and O–H groups in total. The number of pyridine rings is 1. The maximum Gasteiger partial charge on any atom is 0.311 e. The van der Waals surface area contributed by atoms with Gasteiger partial charge in [-0.3, -0.25) is 9.78 Å². The van der Waals surface area contributed by atoms with E-state index in [9.17, 15) is 4.79 Å². The number of methoxy groups -OCH3 is 1. The van der Waals surface area contributed by atoms with Crippen molar-refractivity contribution in [3.05, 3.63) is 30.1 Å². The molecule has 3 rings (SSSR count). The van der Waals surface area contributed by atoms with Crippen molar-refractivity contribution in [1.82, 2.24) is 4.98 Å². The average Bonchev–Trinajstić information content (AvgIpc) is 2.83. The number of fused-ring (bicyclic) bond motifs is 2. The van der Waals surface area contributed by atoms with Crippen molar-refractivity contribution < 1.29 is 19.0 Å². The number of carbonyl (C=O) groups excluding carboxylic acids is 1. The molecule has 0 saturated heterocycles. The summed E-state index contributed by atoms with van der Waals surface area (Å²) in [6, 6.07) is 5.61. The van der Waals surface area contributed by atoms with Gasteiger partial charge >= 0.3 is 5.97 Å². The lowest BCUT2D eigenvalue weighted by Crippen LogP contribution is -2.06. The van der Waals surface area contributed by atoms with E-state index < -0.39 is 0 Å². The normalized spacial score (nSPS) is 12.7. The Morgan fingerprint density at radius 3 is 2.94 bits per heavy atom. The molecule has 1 aliphatic heterocycles. The first-order chi connectivity index (χ1) is 8.78. The molecule has 5 heteroatoms. The summed E-state index contributed by atoms with van der Waals surface area (Å²) in [6.07, 6.45) is 1.82. The Morgan fingerprint density at radius 2 is 2.17 bits per heavy atom. The van der Waals surface area contributed by atoms with Crippen LogP contribution >= 0.6 is 0 Å². The second kappa shape index (κ2) is 4.18. The van der Waals surface area contributed by atoms with Gasteiger partial charge < -0.3 is 14.2 Å². The minimum atomic E-state index is -0.312. The van der Waals surface area contributed by atoms with Gasteiger partial charge in [-0.25, -0.2) is 0 Å². The molecule has 0 atom stereocenters. The molecular weight excluding hydrogens is 234 g/mol. The predicted octanol–water partition coefficient (Wildman–Crippen LogP) is 1.68. The van der Waals surface area contributed by atoms with Crippen LogP contribution in [0.3, 0.4) is 0 Å². The van der Waals surface area contributed by atoms with Crippen LogP contribution in [0.2, 0.25) is 0 Å². The molecule has 1 aliphatic rings. The van der Waals surface area contributed by atoms with Crippen LogP contribution in [0.5, 0.6) is 11.5 Å². The number of rotatable bonds is 2. The van der Waals surface area contributed by atoms with E-state index in [0.29, 0.717) is 11.4 Å². The Hall–Kier alpha value is -2.30. The molecule has 0 spiro atoms. The van der Waals surface area contributed by atoms with Crippen LogP contribution < -0.4 is 9.47 Å². The SMILES string of the molecule is COC(=O)Cc1nccc2cc3c(cc12)OCO3. The van der Waals surface area contributed by atoms with E-state index in [1.807, 2.05) is 18.2 Å². The van der Waals surface area contributed by atoms with E-state index in [4.69, 9.17) is 9.47 Å². The van der Waals surface area contributed by atoms with Gasteiger partial charge in [-0.05, 0) is 23.6 Å². The number of carbonyl (C=O) groups is 1. The van der Waals surface area contributed by atoms with E-state index in [2.05, 4.69) is 9.72 Å². The Kier molecular flexibility index (Phi) is 2.51. The summed E-state index contributed by atoms with van der Waals surface area (Å²) in [6.45, 7) is 0.228. The monoisotopic (exact) mass is 245 g/mol. The highest BCUT2D eigenvalue weighted by atomic mass is 16.7. The summed E-state index contributed by atoms with van der Waals surface area (Å²) in [4.78, 5) is 15.6. The molecule has 1 aromatic carbocycles. The van der Waals surface area contributed by atoms with Crippen LogP contribution in [-0.2, 0) is 16.0 Å². The fourth-order valence-corrected chi connectivity index (χ4v) is 1.97. The summed E-state index contributed by atoms with van der Waals surface area (Å²) in [7, 11) is 1.36. The zero-order valence-electron chi connectivity index (χ0n) is 9.80. The number of hydrogen-bond donors (Lipinski definition) is 0. The van der Waals surface area contributed by atoms with Gasteiger partial charge in [-0.2, -0.15) is 0 Å². The largest absolute Gasteiger partial charge is 0.469 e. The third-order valence-electron chi connectivity index (χ3n) is 2.88. The van der Waals surface area contributed by atoms with Crippen molar-refractivity contribution in [3.8, 4) is 11.5 Å².